The number of amides is 1. The summed E-state index contributed by atoms with van der Waals surface area (Å²) < 4.78 is 0. The van der Waals surface area contributed by atoms with Gasteiger partial charge in [0.25, 0.3) is 0 Å². The van der Waals surface area contributed by atoms with Crippen LogP contribution in [0.15, 0.2) is 30.3 Å². The molecule has 1 amide bonds. The fraction of sp³-hybridized carbons (Fsp3) is 0.632. The SMILES string of the molecule is CSC(CC(=O)N1CCN(Cc2ccccc2)CC1)C1CCCN1. The van der Waals surface area contributed by atoms with E-state index in [0.29, 0.717) is 23.6 Å². The predicted octanol–water partition coefficient (Wildman–Crippen LogP) is 2.20. The highest BCUT2D eigenvalue weighted by molar-refractivity contribution is 7.99. The summed E-state index contributed by atoms with van der Waals surface area (Å²) in [5.41, 5.74) is 1.35. The second-order valence-corrected chi connectivity index (χ2v) is 7.90. The number of nitrogens with one attached hydrogen (secondary N) is 1. The first-order chi connectivity index (χ1) is 11.8. The minimum atomic E-state index is 0.336. The van der Waals surface area contributed by atoms with Crippen molar-refractivity contribution in [1.29, 1.82) is 0 Å². The van der Waals surface area contributed by atoms with Crippen LogP contribution in [0.2, 0.25) is 0 Å². The number of carbonyl (C=O) groups is 1. The van der Waals surface area contributed by atoms with E-state index in [9.17, 15) is 4.79 Å². The number of rotatable bonds is 6. The van der Waals surface area contributed by atoms with Crippen molar-refractivity contribution in [3.8, 4) is 0 Å². The van der Waals surface area contributed by atoms with E-state index < -0.39 is 0 Å². The molecule has 3 rings (SSSR count). The lowest BCUT2D eigenvalue weighted by Crippen LogP contribution is -2.49. The van der Waals surface area contributed by atoms with E-state index in [1.165, 1.54) is 18.4 Å². The molecule has 4 nitrogen and oxygen atoms in total. The Hall–Kier alpha value is -1.04. The lowest BCUT2D eigenvalue weighted by molar-refractivity contribution is -0.133. The summed E-state index contributed by atoms with van der Waals surface area (Å²) in [5, 5.41) is 3.97. The van der Waals surface area contributed by atoms with Crippen LogP contribution in [0.3, 0.4) is 0 Å². The van der Waals surface area contributed by atoms with Gasteiger partial charge in [0.1, 0.15) is 0 Å². The molecule has 2 fully saturated rings. The molecule has 24 heavy (non-hydrogen) atoms. The van der Waals surface area contributed by atoms with E-state index in [1.807, 2.05) is 11.8 Å². The number of carbonyl (C=O) groups excluding carboxylic acids is 1. The molecule has 0 bridgehead atoms. The quantitative estimate of drug-likeness (QED) is 0.856. The highest BCUT2D eigenvalue weighted by Crippen LogP contribution is 2.23. The summed E-state index contributed by atoms with van der Waals surface area (Å²) in [4.78, 5) is 17.2. The molecular weight excluding hydrogens is 318 g/mol. The maximum Gasteiger partial charge on any atom is 0.223 e. The minimum absolute atomic E-state index is 0.336. The first kappa shape index (κ1) is 17.8. The molecule has 2 heterocycles. The summed E-state index contributed by atoms with van der Waals surface area (Å²) in [5.74, 6) is 0.336. The molecule has 0 aliphatic carbocycles. The molecule has 5 heteroatoms. The largest absolute Gasteiger partial charge is 0.340 e. The van der Waals surface area contributed by atoms with Crippen LogP contribution >= 0.6 is 11.8 Å². The Morgan fingerprint density at radius 3 is 2.62 bits per heavy atom. The molecule has 2 aliphatic heterocycles. The van der Waals surface area contributed by atoms with Gasteiger partial charge in [0.15, 0.2) is 0 Å². The zero-order chi connectivity index (χ0) is 16.8. The van der Waals surface area contributed by atoms with Crippen molar-refractivity contribution in [1.82, 2.24) is 15.1 Å². The van der Waals surface area contributed by atoms with Gasteiger partial charge in [0.2, 0.25) is 5.91 Å². The number of piperazine rings is 1. The molecule has 0 radical (unpaired) electrons. The lowest BCUT2D eigenvalue weighted by atomic mass is 10.1. The maximum absolute atomic E-state index is 12.7. The molecule has 1 aromatic rings. The highest BCUT2D eigenvalue weighted by Gasteiger charge is 2.29. The molecule has 2 atom stereocenters. The zero-order valence-electron chi connectivity index (χ0n) is 14.6. The lowest BCUT2D eigenvalue weighted by Gasteiger charge is -2.35. The molecule has 2 unspecified atom stereocenters. The van der Waals surface area contributed by atoms with Crippen LogP contribution < -0.4 is 5.32 Å². The third kappa shape index (κ3) is 4.74. The fourth-order valence-corrected chi connectivity index (χ4v) is 4.59. The van der Waals surface area contributed by atoms with Gasteiger partial charge < -0.3 is 10.2 Å². The van der Waals surface area contributed by atoms with Gasteiger partial charge in [0.05, 0.1) is 0 Å². The number of nitrogens with zero attached hydrogens (tertiary/aromatic N) is 2. The average Bonchev–Trinajstić information content (AvgIpc) is 3.15. The number of hydrogen-bond acceptors (Lipinski definition) is 4. The van der Waals surface area contributed by atoms with E-state index in [-0.39, 0.29) is 0 Å². The third-order valence-electron chi connectivity index (χ3n) is 5.20. The van der Waals surface area contributed by atoms with Crippen molar-refractivity contribution in [3.05, 3.63) is 35.9 Å². The topological polar surface area (TPSA) is 35.6 Å². The Morgan fingerprint density at radius 2 is 2.00 bits per heavy atom. The van der Waals surface area contributed by atoms with Crippen LogP contribution in [0.5, 0.6) is 0 Å². The Balaban J connectivity index is 1.44. The van der Waals surface area contributed by atoms with Gasteiger partial charge in [-0.2, -0.15) is 11.8 Å². The van der Waals surface area contributed by atoms with Gasteiger partial charge in [-0.25, -0.2) is 0 Å². The summed E-state index contributed by atoms with van der Waals surface area (Å²) >= 11 is 1.84. The maximum atomic E-state index is 12.7. The van der Waals surface area contributed by atoms with E-state index >= 15 is 0 Å². The van der Waals surface area contributed by atoms with Crippen LogP contribution in [-0.2, 0) is 11.3 Å². The average molecular weight is 348 g/mol. The van der Waals surface area contributed by atoms with E-state index in [2.05, 4.69) is 51.7 Å². The fourth-order valence-electron chi connectivity index (χ4n) is 3.72. The number of hydrogen-bond donors (Lipinski definition) is 1. The van der Waals surface area contributed by atoms with Gasteiger partial charge in [0, 0.05) is 50.4 Å². The predicted molar refractivity (Wildman–Crippen MR) is 101 cm³/mol. The molecular formula is C19H29N3OS. The third-order valence-corrected chi connectivity index (χ3v) is 6.30. The van der Waals surface area contributed by atoms with Gasteiger partial charge in [-0.05, 0) is 31.2 Å². The second kappa shape index (κ2) is 8.88. The van der Waals surface area contributed by atoms with Crippen molar-refractivity contribution in [2.45, 2.75) is 37.1 Å². The van der Waals surface area contributed by atoms with E-state index in [0.717, 1.165) is 39.3 Å². The normalized spacial score (nSPS) is 23.4. The van der Waals surface area contributed by atoms with Crippen molar-refractivity contribution < 1.29 is 4.79 Å². The molecule has 2 aliphatic rings. The van der Waals surface area contributed by atoms with Crippen molar-refractivity contribution in [3.63, 3.8) is 0 Å². The first-order valence-electron chi connectivity index (χ1n) is 9.06. The standard InChI is InChI=1S/C19H29N3OS/c1-24-18(17-8-5-9-20-17)14-19(23)22-12-10-21(11-13-22)15-16-6-3-2-4-7-16/h2-4,6-7,17-18,20H,5,8-15H2,1H3. The summed E-state index contributed by atoms with van der Waals surface area (Å²) in [6.45, 7) is 5.78. The monoisotopic (exact) mass is 347 g/mol. The highest BCUT2D eigenvalue weighted by atomic mass is 32.2. The Morgan fingerprint density at radius 1 is 1.25 bits per heavy atom. The van der Waals surface area contributed by atoms with E-state index in [4.69, 9.17) is 0 Å². The molecule has 0 spiro atoms. The van der Waals surface area contributed by atoms with Crippen LogP contribution in [0.1, 0.15) is 24.8 Å². The summed E-state index contributed by atoms with van der Waals surface area (Å²) in [6.07, 6.45) is 5.27. The molecule has 0 aromatic heterocycles. The summed E-state index contributed by atoms with van der Waals surface area (Å²) in [6, 6.07) is 11.1. The Kier molecular flexibility index (Phi) is 6.58. The molecule has 1 aromatic carbocycles. The van der Waals surface area contributed by atoms with Crippen LogP contribution in [0.4, 0.5) is 0 Å². The van der Waals surface area contributed by atoms with E-state index in [1.54, 1.807) is 0 Å². The second-order valence-electron chi connectivity index (χ2n) is 6.82. The Bertz CT molecular complexity index is 511. The van der Waals surface area contributed by atoms with Crippen molar-refractivity contribution >= 4 is 17.7 Å². The number of benzene rings is 1. The van der Waals surface area contributed by atoms with Crippen LogP contribution in [0.25, 0.3) is 0 Å². The summed E-state index contributed by atoms with van der Waals surface area (Å²) in [7, 11) is 0. The van der Waals surface area contributed by atoms with Gasteiger partial charge >= 0.3 is 0 Å². The molecule has 0 saturated carbocycles. The molecule has 132 valence electrons. The Labute approximate surface area is 150 Å². The zero-order valence-corrected chi connectivity index (χ0v) is 15.4. The van der Waals surface area contributed by atoms with Gasteiger partial charge in [-0.1, -0.05) is 30.3 Å². The first-order valence-corrected chi connectivity index (χ1v) is 10.4. The minimum Gasteiger partial charge on any atom is -0.340 e. The number of thioether (sulfide) groups is 1. The van der Waals surface area contributed by atoms with Gasteiger partial charge in [-0.15, -0.1) is 0 Å². The molecule has 1 N–H and O–H groups in total. The van der Waals surface area contributed by atoms with Crippen molar-refractivity contribution in [2.24, 2.45) is 0 Å². The van der Waals surface area contributed by atoms with Crippen molar-refractivity contribution in [2.75, 3.05) is 39.0 Å². The van der Waals surface area contributed by atoms with Crippen LogP contribution in [0, 0.1) is 0 Å². The smallest absolute Gasteiger partial charge is 0.223 e. The van der Waals surface area contributed by atoms with Gasteiger partial charge in [-0.3, -0.25) is 9.69 Å². The molecule has 2 saturated heterocycles. The van der Waals surface area contributed by atoms with Crippen LogP contribution in [-0.4, -0.2) is 66.0 Å².